The molecule has 98 valence electrons. The summed E-state index contributed by atoms with van der Waals surface area (Å²) in [5.41, 5.74) is 0.932. The van der Waals surface area contributed by atoms with Crippen LogP contribution in [0.3, 0.4) is 0 Å². The van der Waals surface area contributed by atoms with Crippen LogP contribution in [0.1, 0.15) is 53.4 Å². The van der Waals surface area contributed by atoms with Crippen LogP contribution >= 0.6 is 0 Å². The maximum atomic E-state index is 10.2. The molecule has 3 aliphatic rings. The first-order chi connectivity index (χ1) is 7.82. The number of aliphatic hydroxyl groups excluding tert-OH is 1. The Hall–Kier alpha value is -0.0800. The third-order valence-corrected chi connectivity index (χ3v) is 6.87. The number of fused-ring (bicyclic) bond motifs is 3. The van der Waals surface area contributed by atoms with Crippen LogP contribution in [0.25, 0.3) is 0 Å². The molecule has 0 bridgehead atoms. The Kier molecular flexibility index (Phi) is 2.30. The third-order valence-electron chi connectivity index (χ3n) is 6.87. The molecule has 3 rings (SSSR count). The molecule has 0 unspecified atom stereocenters. The molecule has 2 saturated carbocycles. The van der Waals surface area contributed by atoms with Crippen molar-refractivity contribution in [3.05, 3.63) is 0 Å². The van der Waals surface area contributed by atoms with Gasteiger partial charge in [0, 0.05) is 5.92 Å². The van der Waals surface area contributed by atoms with Crippen molar-refractivity contribution >= 4 is 0 Å². The number of ether oxygens (including phenoxy) is 1. The van der Waals surface area contributed by atoms with Crippen LogP contribution in [0.4, 0.5) is 0 Å². The van der Waals surface area contributed by atoms with Crippen LogP contribution in [0.5, 0.6) is 0 Å². The molecule has 2 aliphatic carbocycles. The van der Waals surface area contributed by atoms with E-state index in [4.69, 9.17) is 4.74 Å². The first-order valence-corrected chi connectivity index (χ1v) is 7.12. The minimum absolute atomic E-state index is 0.221. The Balaban J connectivity index is 2.09. The quantitative estimate of drug-likeness (QED) is 0.702. The van der Waals surface area contributed by atoms with Crippen molar-refractivity contribution in [1.29, 1.82) is 0 Å². The summed E-state index contributed by atoms with van der Waals surface area (Å²) in [6.07, 6.45) is 4.68. The molecule has 5 atom stereocenters. The van der Waals surface area contributed by atoms with Gasteiger partial charge in [0.05, 0.1) is 6.61 Å². The number of hydrogen-bond acceptors (Lipinski definition) is 2. The molecule has 1 aliphatic heterocycles. The Morgan fingerprint density at radius 1 is 1.12 bits per heavy atom. The molecule has 0 radical (unpaired) electrons. The van der Waals surface area contributed by atoms with Crippen LogP contribution in [0.15, 0.2) is 0 Å². The van der Waals surface area contributed by atoms with Crippen molar-refractivity contribution < 1.29 is 9.84 Å². The van der Waals surface area contributed by atoms with Gasteiger partial charge < -0.3 is 9.84 Å². The van der Waals surface area contributed by atoms with Crippen molar-refractivity contribution in [2.45, 2.75) is 59.7 Å². The van der Waals surface area contributed by atoms with E-state index in [0.717, 1.165) is 6.61 Å². The summed E-state index contributed by atoms with van der Waals surface area (Å²) < 4.78 is 5.53. The lowest BCUT2D eigenvalue weighted by molar-refractivity contribution is -0.172. The van der Waals surface area contributed by atoms with E-state index in [9.17, 15) is 5.11 Å². The van der Waals surface area contributed by atoms with Gasteiger partial charge in [-0.3, -0.25) is 0 Å². The fourth-order valence-corrected chi connectivity index (χ4v) is 5.61. The van der Waals surface area contributed by atoms with Gasteiger partial charge in [-0.15, -0.1) is 0 Å². The van der Waals surface area contributed by atoms with E-state index in [-0.39, 0.29) is 5.41 Å². The average Bonchev–Trinajstić information content (AvgIpc) is 2.66. The highest BCUT2D eigenvalue weighted by Gasteiger charge is 2.68. The van der Waals surface area contributed by atoms with Gasteiger partial charge in [0.1, 0.15) is 0 Å². The monoisotopic (exact) mass is 238 g/mol. The van der Waals surface area contributed by atoms with Gasteiger partial charge in [0.25, 0.3) is 0 Å². The van der Waals surface area contributed by atoms with E-state index in [1.54, 1.807) is 0 Å². The zero-order valence-electron chi connectivity index (χ0n) is 11.6. The second-order valence-corrected chi connectivity index (χ2v) is 7.71. The standard InChI is InChI=1S/C15H26O2/c1-13(2)6-5-7-14(3)8-10-9-17-12(16)11(10)15(13,14)4/h10-12,16H,5-9H2,1-4H3/t10-,11-,12+,14-,15-/m1/s1. The Bertz CT molecular complexity index is 338. The van der Waals surface area contributed by atoms with Gasteiger partial charge in [-0.1, -0.05) is 34.1 Å². The van der Waals surface area contributed by atoms with E-state index in [1.807, 2.05) is 0 Å². The molecule has 0 spiro atoms. The van der Waals surface area contributed by atoms with Crippen LogP contribution in [0, 0.1) is 28.1 Å². The van der Waals surface area contributed by atoms with Crippen LogP contribution in [0.2, 0.25) is 0 Å². The summed E-state index contributed by atoms with van der Waals surface area (Å²) in [5, 5.41) is 10.2. The molecule has 0 aromatic rings. The maximum Gasteiger partial charge on any atom is 0.158 e. The highest BCUT2D eigenvalue weighted by Crippen LogP contribution is 2.72. The molecule has 0 aromatic carbocycles. The predicted octanol–water partition coefficient (Wildman–Crippen LogP) is 3.19. The maximum absolute atomic E-state index is 10.2. The molecule has 0 amide bonds. The van der Waals surface area contributed by atoms with Gasteiger partial charge in [0.15, 0.2) is 6.29 Å². The number of aliphatic hydroxyl groups is 1. The lowest BCUT2D eigenvalue weighted by Gasteiger charge is -2.58. The predicted molar refractivity (Wildman–Crippen MR) is 67.4 cm³/mol. The second kappa shape index (κ2) is 3.27. The molecular formula is C15H26O2. The average molecular weight is 238 g/mol. The fraction of sp³-hybridized carbons (Fsp3) is 1.00. The van der Waals surface area contributed by atoms with Crippen LogP contribution in [-0.4, -0.2) is 18.0 Å². The van der Waals surface area contributed by atoms with Gasteiger partial charge in [-0.05, 0) is 41.4 Å². The molecule has 1 N–H and O–H groups in total. The summed E-state index contributed by atoms with van der Waals surface area (Å²) >= 11 is 0. The zero-order chi connectivity index (χ0) is 12.5. The minimum Gasteiger partial charge on any atom is -0.368 e. The van der Waals surface area contributed by atoms with Crippen molar-refractivity contribution in [2.75, 3.05) is 6.61 Å². The smallest absolute Gasteiger partial charge is 0.158 e. The van der Waals surface area contributed by atoms with E-state index in [0.29, 0.717) is 22.7 Å². The van der Waals surface area contributed by atoms with E-state index in [1.165, 1.54) is 25.7 Å². The van der Waals surface area contributed by atoms with Crippen molar-refractivity contribution in [2.24, 2.45) is 28.1 Å². The van der Waals surface area contributed by atoms with E-state index >= 15 is 0 Å². The first kappa shape index (κ1) is 12.0. The largest absolute Gasteiger partial charge is 0.368 e. The molecule has 2 nitrogen and oxygen atoms in total. The summed E-state index contributed by atoms with van der Waals surface area (Å²) in [6.45, 7) is 10.5. The third kappa shape index (κ3) is 1.24. The molecule has 0 aromatic heterocycles. The lowest BCUT2D eigenvalue weighted by atomic mass is 9.46. The molecule has 17 heavy (non-hydrogen) atoms. The Labute approximate surface area is 105 Å². The zero-order valence-corrected chi connectivity index (χ0v) is 11.6. The molecular weight excluding hydrogens is 212 g/mol. The summed E-state index contributed by atoms with van der Waals surface area (Å²) in [6, 6.07) is 0. The normalized spacial score (nSPS) is 56.6. The van der Waals surface area contributed by atoms with Gasteiger partial charge >= 0.3 is 0 Å². The van der Waals surface area contributed by atoms with Crippen LogP contribution < -0.4 is 0 Å². The summed E-state index contributed by atoms with van der Waals surface area (Å²) in [5.74, 6) is 0.931. The molecule has 1 heterocycles. The topological polar surface area (TPSA) is 29.5 Å². The Morgan fingerprint density at radius 2 is 1.82 bits per heavy atom. The summed E-state index contributed by atoms with van der Waals surface area (Å²) in [4.78, 5) is 0. The van der Waals surface area contributed by atoms with Crippen molar-refractivity contribution in [1.82, 2.24) is 0 Å². The fourth-order valence-electron chi connectivity index (χ4n) is 5.61. The van der Waals surface area contributed by atoms with Crippen molar-refractivity contribution in [3.8, 4) is 0 Å². The number of rotatable bonds is 0. The molecule has 1 saturated heterocycles. The minimum atomic E-state index is -0.524. The highest BCUT2D eigenvalue weighted by molar-refractivity contribution is 5.15. The second-order valence-electron chi connectivity index (χ2n) is 7.71. The van der Waals surface area contributed by atoms with Gasteiger partial charge in [-0.25, -0.2) is 0 Å². The van der Waals surface area contributed by atoms with Gasteiger partial charge in [0.2, 0.25) is 0 Å². The van der Waals surface area contributed by atoms with E-state index < -0.39 is 6.29 Å². The SMILES string of the molecule is CC1(C)CCC[C@]2(C)C[C@@H]3CO[C@H](O)[C@@H]3[C@]12C. The molecule has 3 fully saturated rings. The van der Waals surface area contributed by atoms with Gasteiger partial charge in [-0.2, -0.15) is 0 Å². The van der Waals surface area contributed by atoms with Crippen molar-refractivity contribution in [3.63, 3.8) is 0 Å². The summed E-state index contributed by atoms with van der Waals surface area (Å²) in [7, 11) is 0. The highest BCUT2D eigenvalue weighted by atomic mass is 16.6. The molecule has 2 heteroatoms. The lowest BCUT2D eigenvalue weighted by Crippen LogP contribution is -2.53. The number of hydrogen-bond donors (Lipinski definition) is 1. The first-order valence-electron chi connectivity index (χ1n) is 7.12. The van der Waals surface area contributed by atoms with E-state index in [2.05, 4.69) is 27.7 Å². The van der Waals surface area contributed by atoms with Crippen LogP contribution in [-0.2, 0) is 4.74 Å². The Morgan fingerprint density at radius 3 is 2.53 bits per heavy atom.